The highest BCUT2D eigenvalue weighted by atomic mass is 16.3. The molecule has 1 aliphatic rings. The van der Waals surface area contributed by atoms with Crippen LogP contribution in [0.5, 0.6) is 0 Å². The molecular formula is C5H11NO2. The normalized spacial score (nSPS) is 36.8. The Kier molecular flexibility index (Phi) is 1.83. The molecule has 1 rings (SSSR count). The molecule has 0 unspecified atom stereocenters. The molecule has 0 aliphatic carbocycles. The summed E-state index contributed by atoms with van der Waals surface area (Å²) in [7, 11) is 0. The van der Waals surface area contributed by atoms with Crippen molar-refractivity contribution in [3.63, 3.8) is 0 Å². The van der Waals surface area contributed by atoms with Crippen LogP contribution < -0.4 is 5.32 Å². The van der Waals surface area contributed by atoms with Crippen LogP contribution in [0.1, 0.15) is 6.42 Å². The van der Waals surface area contributed by atoms with Gasteiger partial charge < -0.3 is 15.5 Å². The van der Waals surface area contributed by atoms with Gasteiger partial charge in [-0.25, -0.2) is 0 Å². The topological polar surface area (TPSA) is 52.5 Å². The van der Waals surface area contributed by atoms with Crippen molar-refractivity contribution in [1.29, 1.82) is 0 Å². The van der Waals surface area contributed by atoms with E-state index in [4.69, 9.17) is 10.2 Å². The number of aliphatic hydroxyl groups excluding tert-OH is 2. The van der Waals surface area contributed by atoms with E-state index in [2.05, 4.69) is 5.32 Å². The fourth-order valence-corrected chi connectivity index (χ4v) is 0.907. The maximum Gasteiger partial charge on any atom is 0.0585 e. The molecule has 0 aromatic heterocycles. The van der Waals surface area contributed by atoms with Gasteiger partial charge in [0.05, 0.1) is 13.2 Å². The zero-order valence-corrected chi connectivity index (χ0v) is 4.67. The number of hydrogen-bond donors (Lipinski definition) is 3. The lowest BCUT2D eigenvalue weighted by Crippen LogP contribution is -2.55. The monoisotopic (exact) mass is 117 g/mol. The minimum atomic E-state index is 0.191. The fourth-order valence-electron chi connectivity index (χ4n) is 0.907. The van der Waals surface area contributed by atoms with Crippen molar-refractivity contribution in [3.05, 3.63) is 0 Å². The first-order chi connectivity index (χ1) is 3.86. The van der Waals surface area contributed by atoms with Crippen LogP contribution in [0.25, 0.3) is 0 Å². The summed E-state index contributed by atoms with van der Waals surface area (Å²) in [6.07, 6.45) is 0.910. The molecule has 3 N–H and O–H groups in total. The number of hydrogen-bond acceptors (Lipinski definition) is 3. The second-order valence-electron chi connectivity index (χ2n) is 2.16. The van der Waals surface area contributed by atoms with Crippen molar-refractivity contribution in [2.75, 3.05) is 13.2 Å². The quantitative estimate of drug-likeness (QED) is 0.421. The van der Waals surface area contributed by atoms with Crippen LogP contribution in [0.15, 0.2) is 0 Å². The second-order valence-corrected chi connectivity index (χ2v) is 2.16. The maximum absolute atomic E-state index is 8.46. The zero-order valence-electron chi connectivity index (χ0n) is 4.67. The molecule has 8 heavy (non-hydrogen) atoms. The summed E-state index contributed by atoms with van der Waals surface area (Å²) < 4.78 is 0. The van der Waals surface area contributed by atoms with E-state index >= 15 is 0 Å². The Hall–Kier alpha value is -0.120. The van der Waals surface area contributed by atoms with E-state index in [1.165, 1.54) is 0 Å². The Morgan fingerprint density at radius 2 is 1.62 bits per heavy atom. The Balaban J connectivity index is 2.03. The average molecular weight is 117 g/mol. The smallest absolute Gasteiger partial charge is 0.0585 e. The van der Waals surface area contributed by atoms with Gasteiger partial charge in [0, 0.05) is 12.1 Å². The Morgan fingerprint density at radius 3 is 1.88 bits per heavy atom. The molecule has 1 fully saturated rings. The first-order valence-corrected chi connectivity index (χ1v) is 2.84. The molecule has 3 nitrogen and oxygen atoms in total. The lowest BCUT2D eigenvalue weighted by Gasteiger charge is -2.34. The number of nitrogens with one attached hydrogen (secondary N) is 1. The van der Waals surface area contributed by atoms with E-state index < -0.39 is 0 Å². The maximum atomic E-state index is 8.46. The molecule has 0 aromatic carbocycles. The highest BCUT2D eigenvalue weighted by Crippen LogP contribution is 2.08. The molecule has 1 heterocycles. The van der Waals surface area contributed by atoms with E-state index in [9.17, 15) is 0 Å². The molecule has 1 aliphatic heterocycles. The predicted molar refractivity (Wildman–Crippen MR) is 29.5 cm³/mol. The van der Waals surface area contributed by atoms with Crippen molar-refractivity contribution < 1.29 is 10.2 Å². The zero-order chi connectivity index (χ0) is 5.98. The first kappa shape index (κ1) is 6.01. The van der Waals surface area contributed by atoms with E-state index in [-0.39, 0.29) is 25.3 Å². The summed E-state index contributed by atoms with van der Waals surface area (Å²) in [6, 6.07) is 0.485. The third-order valence-corrected chi connectivity index (χ3v) is 1.48. The van der Waals surface area contributed by atoms with E-state index in [1.807, 2.05) is 0 Å². The van der Waals surface area contributed by atoms with Crippen LogP contribution in [0.3, 0.4) is 0 Å². The summed E-state index contributed by atoms with van der Waals surface area (Å²) >= 11 is 0. The van der Waals surface area contributed by atoms with E-state index in [0.29, 0.717) is 0 Å². The van der Waals surface area contributed by atoms with Crippen molar-refractivity contribution in [3.8, 4) is 0 Å². The molecule has 0 aromatic rings. The van der Waals surface area contributed by atoms with Crippen LogP contribution in [0, 0.1) is 0 Å². The summed E-state index contributed by atoms with van der Waals surface area (Å²) in [4.78, 5) is 0. The van der Waals surface area contributed by atoms with Crippen molar-refractivity contribution in [1.82, 2.24) is 5.32 Å². The molecule has 1 saturated heterocycles. The average Bonchev–Trinajstić information content (AvgIpc) is 1.65. The lowest BCUT2D eigenvalue weighted by atomic mass is 9.99. The van der Waals surface area contributed by atoms with Crippen molar-refractivity contribution in [2.24, 2.45) is 0 Å². The summed E-state index contributed by atoms with van der Waals surface area (Å²) in [5.41, 5.74) is 0. The molecule has 0 radical (unpaired) electrons. The lowest BCUT2D eigenvalue weighted by molar-refractivity contribution is 0.114. The molecule has 2 atom stereocenters. The van der Waals surface area contributed by atoms with Crippen LogP contribution in [-0.4, -0.2) is 35.5 Å². The van der Waals surface area contributed by atoms with Crippen molar-refractivity contribution >= 4 is 0 Å². The van der Waals surface area contributed by atoms with Gasteiger partial charge in [0.1, 0.15) is 0 Å². The van der Waals surface area contributed by atoms with Gasteiger partial charge in [-0.2, -0.15) is 0 Å². The van der Waals surface area contributed by atoms with Crippen LogP contribution >= 0.6 is 0 Å². The van der Waals surface area contributed by atoms with Crippen LogP contribution in [-0.2, 0) is 0 Å². The molecule has 48 valence electrons. The van der Waals surface area contributed by atoms with Gasteiger partial charge in [-0.1, -0.05) is 0 Å². The van der Waals surface area contributed by atoms with E-state index in [0.717, 1.165) is 6.42 Å². The minimum absolute atomic E-state index is 0.191. The Bertz CT molecular complexity index is 62.8. The SMILES string of the molecule is OC[C@H]1C[C@H](CO)N1. The third kappa shape index (κ3) is 0.992. The number of aliphatic hydroxyl groups is 2. The van der Waals surface area contributed by atoms with Gasteiger partial charge >= 0.3 is 0 Å². The van der Waals surface area contributed by atoms with Gasteiger partial charge in [0.25, 0.3) is 0 Å². The van der Waals surface area contributed by atoms with Gasteiger partial charge in [-0.3, -0.25) is 0 Å². The molecule has 3 heteroatoms. The van der Waals surface area contributed by atoms with Crippen LogP contribution in [0.4, 0.5) is 0 Å². The fraction of sp³-hybridized carbons (Fsp3) is 1.00. The standard InChI is InChI=1S/C5H11NO2/c7-2-4-1-5(3-8)6-4/h4-8H,1-3H2/t4-,5-/m1/s1. The van der Waals surface area contributed by atoms with Crippen LogP contribution in [0.2, 0.25) is 0 Å². The van der Waals surface area contributed by atoms with Gasteiger partial charge in [-0.05, 0) is 6.42 Å². The third-order valence-electron chi connectivity index (χ3n) is 1.48. The summed E-state index contributed by atoms with van der Waals surface area (Å²) in [6.45, 7) is 0.382. The Labute approximate surface area is 48.3 Å². The Morgan fingerprint density at radius 1 is 1.25 bits per heavy atom. The molecule has 0 amide bonds. The highest BCUT2D eigenvalue weighted by Gasteiger charge is 2.25. The van der Waals surface area contributed by atoms with Crippen molar-refractivity contribution in [2.45, 2.75) is 18.5 Å². The number of rotatable bonds is 2. The molecule has 0 spiro atoms. The van der Waals surface area contributed by atoms with Gasteiger partial charge in [-0.15, -0.1) is 0 Å². The minimum Gasteiger partial charge on any atom is -0.395 e. The van der Waals surface area contributed by atoms with Gasteiger partial charge in [0.15, 0.2) is 0 Å². The van der Waals surface area contributed by atoms with E-state index in [1.54, 1.807) is 0 Å². The molecule has 0 saturated carbocycles. The summed E-state index contributed by atoms with van der Waals surface area (Å²) in [5.74, 6) is 0. The highest BCUT2D eigenvalue weighted by molar-refractivity contribution is 4.86. The molecular weight excluding hydrogens is 106 g/mol. The largest absolute Gasteiger partial charge is 0.395 e. The van der Waals surface area contributed by atoms with Gasteiger partial charge in [0.2, 0.25) is 0 Å². The molecule has 0 bridgehead atoms. The summed E-state index contributed by atoms with van der Waals surface area (Å²) in [5, 5.41) is 19.9. The predicted octanol–water partition coefficient (Wildman–Crippen LogP) is -1.30. The second kappa shape index (κ2) is 2.44. The first-order valence-electron chi connectivity index (χ1n) is 2.84.